The second-order valence-electron chi connectivity index (χ2n) is 2.45. The summed E-state index contributed by atoms with van der Waals surface area (Å²) in [6.07, 6.45) is 1.62. The van der Waals surface area contributed by atoms with Crippen LogP contribution >= 0.6 is 11.6 Å². The molecule has 0 saturated heterocycles. The molecule has 0 spiro atoms. The number of halogens is 1. The number of nitrogen functional groups attached to an aromatic ring is 1. The number of carbonyl (C=O) groups is 1. The number of aromatic nitrogens is 1. The molecular formula is C8H10ClN3O. The Morgan fingerprint density at radius 1 is 1.69 bits per heavy atom. The lowest BCUT2D eigenvalue weighted by Gasteiger charge is -2.04. The molecule has 0 fully saturated rings. The SMILES string of the molecule is Nc1cccnc1CNC(=O)CCl. The fourth-order valence-corrected chi connectivity index (χ4v) is 0.922. The van der Waals surface area contributed by atoms with E-state index >= 15 is 0 Å². The van der Waals surface area contributed by atoms with Gasteiger partial charge in [0, 0.05) is 6.20 Å². The molecule has 1 aromatic rings. The minimum atomic E-state index is -0.230. The molecule has 3 N–H and O–H groups in total. The highest BCUT2D eigenvalue weighted by Gasteiger charge is 2.01. The van der Waals surface area contributed by atoms with E-state index in [-0.39, 0.29) is 11.8 Å². The highest BCUT2D eigenvalue weighted by atomic mass is 35.5. The standard InChI is InChI=1S/C8H10ClN3O/c9-4-8(13)12-5-7-6(10)2-1-3-11-7/h1-3H,4-5,10H2,(H,12,13). The van der Waals surface area contributed by atoms with Gasteiger partial charge >= 0.3 is 0 Å². The molecule has 0 aliphatic heterocycles. The molecule has 1 heterocycles. The minimum Gasteiger partial charge on any atom is -0.397 e. The van der Waals surface area contributed by atoms with Crippen molar-refractivity contribution >= 4 is 23.2 Å². The zero-order valence-electron chi connectivity index (χ0n) is 6.96. The first-order chi connectivity index (χ1) is 6.24. The Labute approximate surface area is 81.1 Å². The number of nitrogens with zero attached hydrogens (tertiary/aromatic N) is 1. The Kier molecular flexibility index (Phi) is 3.52. The zero-order valence-corrected chi connectivity index (χ0v) is 7.71. The number of alkyl halides is 1. The molecule has 0 atom stereocenters. The van der Waals surface area contributed by atoms with Gasteiger partial charge in [-0.3, -0.25) is 9.78 Å². The van der Waals surface area contributed by atoms with Crippen LogP contribution in [0.3, 0.4) is 0 Å². The molecule has 0 saturated carbocycles. The molecule has 13 heavy (non-hydrogen) atoms. The topological polar surface area (TPSA) is 68.0 Å². The van der Waals surface area contributed by atoms with E-state index in [1.54, 1.807) is 18.3 Å². The molecule has 0 radical (unpaired) electrons. The molecule has 1 aromatic heterocycles. The van der Waals surface area contributed by atoms with Crippen molar-refractivity contribution in [3.8, 4) is 0 Å². The van der Waals surface area contributed by atoms with Gasteiger partial charge in [0.05, 0.1) is 17.9 Å². The average molecular weight is 200 g/mol. The first-order valence-corrected chi connectivity index (χ1v) is 4.29. The fraction of sp³-hybridized carbons (Fsp3) is 0.250. The largest absolute Gasteiger partial charge is 0.397 e. The molecule has 0 aromatic carbocycles. The Morgan fingerprint density at radius 2 is 2.46 bits per heavy atom. The van der Waals surface area contributed by atoms with Gasteiger partial charge in [0.2, 0.25) is 5.91 Å². The lowest BCUT2D eigenvalue weighted by Crippen LogP contribution is -2.24. The molecule has 70 valence electrons. The third-order valence-corrected chi connectivity index (χ3v) is 1.74. The maximum atomic E-state index is 10.8. The molecule has 0 unspecified atom stereocenters. The van der Waals surface area contributed by atoms with E-state index in [0.29, 0.717) is 17.9 Å². The molecular weight excluding hydrogens is 190 g/mol. The van der Waals surface area contributed by atoms with E-state index in [2.05, 4.69) is 10.3 Å². The number of rotatable bonds is 3. The summed E-state index contributed by atoms with van der Waals surface area (Å²) in [5, 5.41) is 2.58. The molecule has 0 aliphatic rings. The van der Waals surface area contributed by atoms with Crippen molar-refractivity contribution in [3.63, 3.8) is 0 Å². The lowest BCUT2D eigenvalue weighted by atomic mass is 10.3. The fourth-order valence-electron chi connectivity index (χ4n) is 0.828. The summed E-state index contributed by atoms with van der Waals surface area (Å²) in [4.78, 5) is 14.8. The van der Waals surface area contributed by atoms with Crippen LogP contribution in [0.2, 0.25) is 0 Å². The number of anilines is 1. The number of hydrogen-bond donors (Lipinski definition) is 2. The van der Waals surface area contributed by atoms with Crippen molar-refractivity contribution in [2.24, 2.45) is 0 Å². The molecule has 0 bridgehead atoms. The van der Waals surface area contributed by atoms with Crippen molar-refractivity contribution in [1.82, 2.24) is 10.3 Å². The van der Waals surface area contributed by atoms with Crippen molar-refractivity contribution in [2.45, 2.75) is 6.54 Å². The highest BCUT2D eigenvalue weighted by molar-refractivity contribution is 6.27. The van der Waals surface area contributed by atoms with E-state index in [1.165, 1.54) is 0 Å². The van der Waals surface area contributed by atoms with Crippen molar-refractivity contribution in [1.29, 1.82) is 0 Å². The van der Waals surface area contributed by atoms with Gasteiger partial charge in [-0.2, -0.15) is 0 Å². The van der Waals surface area contributed by atoms with Crippen LogP contribution in [-0.2, 0) is 11.3 Å². The second kappa shape index (κ2) is 4.67. The molecule has 4 nitrogen and oxygen atoms in total. The summed E-state index contributed by atoms with van der Waals surface area (Å²) in [5.41, 5.74) is 6.82. The van der Waals surface area contributed by atoms with Crippen LogP contribution < -0.4 is 11.1 Å². The molecule has 1 amide bonds. The average Bonchev–Trinajstić information content (AvgIpc) is 2.16. The third-order valence-electron chi connectivity index (χ3n) is 1.50. The quantitative estimate of drug-likeness (QED) is 0.698. The molecule has 0 aliphatic carbocycles. The Hall–Kier alpha value is -1.29. The van der Waals surface area contributed by atoms with Gasteiger partial charge in [0.25, 0.3) is 0 Å². The lowest BCUT2D eigenvalue weighted by molar-refractivity contribution is -0.118. The van der Waals surface area contributed by atoms with Crippen molar-refractivity contribution < 1.29 is 4.79 Å². The number of nitrogens with one attached hydrogen (secondary N) is 1. The summed E-state index contributed by atoms with van der Waals surface area (Å²) < 4.78 is 0. The van der Waals surface area contributed by atoms with Crippen LogP contribution in [0.4, 0.5) is 5.69 Å². The van der Waals surface area contributed by atoms with Crippen molar-refractivity contribution in [3.05, 3.63) is 24.0 Å². The van der Waals surface area contributed by atoms with Gasteiger partial charge in [-0.05, 0) is 12.1 Å². The summed E-state index contributed by atoms with van der Waals surface area (Å²) in [5.74, 6) is -0.279. The van der Waals surface area contributed by atoms with Gasteiger partial charge in [-0.1, -0.05) is 0 Å². The van der Waals surface area contributed by atoms with Crippen molar-refractivity contribution in [2.75, 3.05) is 11.6 Å². The molecule has 5 heteroatoms. The summed E-state index contributed by atoms with van der Waals surface area (Å²) in [6, 6.07) is 3.47. The summed E-state index contributed by atoms with van der Waals surface area (Å²) in [7, 11) is 0. The predicted octanol–water partition coefficient (Wildman–Crippen LogP) is 0.519. The first-order valence-electron chi connectivity index (χ1n) is 3.76. The predicted molar refractivity (Wildman–Crippen MR) is 51.2 cm³/mol. The summed E-state index contributed by atoms with van der Waals surface area (Å²) in [6.45, 7) is 0.318. The normalized spacial score (nSPS) is 9.62. The van der Waals surface area contributed by atoms with E-state index in [9.17, 15) is 4.79 Å². The van der Waals surface area contributed by atoms with Gasteiger partial charge < -0.3 is 11.1 Å². The van der Waals surface area contributed by atoms with E-state index in [1.807, 2.05) is 0 Å². The van der Waals surface area contributed by atoms with Gasteiger partial charge in [-0.25, -0.2) is 0 Å². The van der Waals surface area contributed by atoms with Crippen LogP contribution in [-0.4, -0.2) is 16.8 Å². The minimum absolute atomic E-state index is 0.0489. The van der Waals surface area contributed by atoms with E-state index < -0.39 is 0 Å². The van der Waals surface area contributed by atoms with Crippen LogP contribution in [0.1, 0.15) is 5.69 Å². The van der Waals surface area contributed by atoms with Crippen LogP contribution in [0.25, 0.3) is 0 Å². The maximum Gasteiger partial charge on any atom is 0.235 e. The number of hydrogen-bond acceptors (Lipinski definition) is 3. The van der Waals surface area contributed by atoms with Crippen LogP contribution in [0, 0.1) is 0 Å². The first kappa shape index (κ1) is 9.80. The Morgan fingerprint density at radius 3 is 3.08 bits per heavy atom. The second-order valence-corrected chi connectivity index (χ2v) is 2.72. The van der Waals surface area contributed by atoms with Gasteiger partial charge in [0.15, 0.2) is 0 Å². The van der Waals surface area contributed by atoms with E-state index in [4.69, 9.17) is 17.3 Å². The number of nitrogens with two attached hydrogens (primary N) is 1. The summed E-state index contributed by atoms with van der Waals surface area (Å²) >= 11 is 5.29. The Balaban J connectivity index is 2.54. The van der Waals surface area contributed by atoms with Gasteiger partial charge in [-0.15, -0.1) is 11.6 Å². The Bertz CT molecular complexity index is 303. The van der Waals surface area contributed by atoms with E-state index in [0.717, 1.165) is 0 Å². The number of pyridine rings is 1. The van der Waals surface area contributed by atoms with Gasteiger partial charge in [0.1, 0.15) is 5.88 Å². The smallest absolute Gasteiger partial charge is 0.235 e. The van der Waals surface area contributed by atoms with Crippen LogP contribution in [0.5, 0.6) is 0 Å². The number of carbonyl (C=O) groups excluding carboxylic acids is 1. The van der Waals surface area contributed by atoms with Crippen LogP contribution in [0.15, 0.2) is 18.3 Å². The third kappa shape index (κ3) is 2.91. The zero-order chi connectivity index (χ0) is 9.68. The highest BCUT2D eigenvalue weighted by Crippen LogP contribution is 2.05. The molecule has 1 rings (SSSR count). The monoisotopic (exact) mass is 199 g/mol. The maximum absolute atomic E-state index is 10.8. The number of amides is 1.